The van der Waals surface area contributed by atoms with E-state index >= 15 is 0 Å². The van der Waals surface area contributed by atoms with Crippen LogP contribution in [0.1, 0.15) is 45.8 Å². The molecule has 0 unspecified atom stereocenters. The molecule has 3 rings (SSSR count). The van der Waals surface area contributed by atoms with Crippen LogP contribution in [0.4, 0.5) is 0 Å². The Bertz CT molecular complexity index is 816. The normalized spacial score (nSPS) is 19.3. The molecule has 27 heavy (non-hydrogen) atoms. The van der Waals surface area contributed by atoms with Gasteiger partial charge < -0.3 is 10.6 Å². The van der Waals surface area contributed by atoms with Crippen molar-refractivity contribution >= 4 is 11.7 Å². The van der Waals surface area contributed by atoms with Crippen LogP contribution in [0.5, 0.6) is 0 Å². The minimum Gasteiger partial charge on any atom is -0.342 e. The zero-order chi connectivity index (χ0) is 19.4. The summed E-state index contributed by atoms with van der Waals surface area (Å²) in [6.45, 7) is 5.94. The second-order valence-electron chi connectivity index (χ2n) is 7.53. The van der Waals surface area contributed by atoms with Crippen LogP contribution in [-0.2, 0) is 4.79 Å². The molecule has 1 heterocycles. The van der Waals surface area contributed by atoms with Gasteiger partial charge in [0.25, 0.3) is 0 Å². The van der Waals surface area contributed by atoms with E-state index < -0.39 is 0 Å². The van der Waals surface area contributed by atoms with E-state index in [4.69, 9.17) is 5.73 Å². The maximum Gasteiger partial charge on any atom is 0.223 e. The Labute approximate surface area is 161 Å². The van der Waals surface area contributed by atoms with Crippen molar-refractivity contribution in [2.24, 2.45) is 11.7 Å². The van der Waals surface area contributed by atoms with Crippen molar-refractivity contribution in [2.45, 2.75) is 32.6 Å². The highest BCUT2D eigenvalue weighted by Crippen LogP contribution is 2.32. The number of likely N-dealkylation sites (tertiary alicyclic amines) is 1. The molecule has 142 valence electrons. The first-order chi connectivity index (χ1) is 13.0. The smallest absolute Gasteiger partial charge is 0.223 e. The van der Waals surface area contributed by atoms with Crippen LogP contribution in [0.25, 0.3) is 0 Å². The number of aryl methyl sites for hydroxylation is 2. The lowest BCUT2D eigenvalue weighted by atomic mass is 9.89. The number of hydrogen-bond acceptors (Lipinski definition) is 3. The monoisotopic (exact) mass is 364 g/mol. The van der Waals surface area contributed by atoms with Crippen molar-refractivity contribution in [3.8, 4) is 0 Å². The maximum absolute atomic E-state index is 12.7. The first-order valence-electron chi connectivity index (χ1n) is 9.63. The summed E-state index contributed by atoms with van der Waals surface area (Å²) < 4.78 is 0. The van der Waals surface area contributed by atoms with E-state index in [1.807, 2.05) is 55.1 Å². The van der Waals surface area contributed by atoms with E-state index in [1.54, 1.807) is 0 Å². The average Bonchev–Trinajstić information content (AvgIpc) is 3.13. The van der Waals surface area contributed by atoms with Crippen LogP contribution in [0.3, 0.4) is 0 Å². The van der Waals surface area contributed by atoms with E-state index in [0.717, 1.165) is 5.56 Å². The number of carbonyl (C=O) groups is 2. The highest BCUT2D eigenvalue weighted by Gasteiger charge is 2.35. The molecule has 0 radical (unpaired) electrons. The number of nitrogens with zero attached hydrogens (tertiary/aromatic N) is 1. The molecule has 0 saturated carbocycles. The molecule has 2 aromatic carbocycles. The Hall–Kier alpha value is -2.46. The van der Waals surface area contributed by atoms with Crippen molar-refractivity contribution in [2.75, 3.05) is 19.6 Å². The molecule has 2 N–H and O–H groups in total. The quantitative estimate of drug-likeness (QED) is 0.799. The second-order valence-corrected chi connectivity index (χ2v) is 7.53. The number of benzene rings is 2. The summed E-state index contributed by atoms with van der Waals surface area (Å²) in [4.78, 5) is 27.0. The van der Waals surface area contributed by atoms with Crippen molar-refractivity contribution < 1.29 is 9.59 Å². The molecule has 0 spiro atoms. The predicted molar refractivity (Wildman–Crippen MR) is 108 cm³/mol. The molecule has 4 nitrogen and oxygen atoms in total. The number of carbonyl (C=O) groups excluding carboxylic acids is 2. The number of hydrogen-bond donors (Lipinski definition) is 1. The molecule has 2 aromatic rings. The Morgan fingerprint density at radius 2 is 1.74 bits per heavy atom. The molecular weight excluding hydrogens is 336 g/mol. The van der Waals surface area contributed by atoms with Gasteiger partial charge in [0.1, 0.15) is 0 Å². The number of ketones is 1. The Morgan fingerprint density at radius 1 is 1.00 bits per heavy atom. The van der Waals surface area contributed by atoms with E-state index in [9.17, 15) is 9.59 Å². The topological polar surface area (TPSA) is 63.4 Å². The van der Waals surface area contributed by atoms with Crippen molar-refractivity contribution in [1.29, 1.82) is 0 Å². The third kappa shape index (κ3) is 4.45. The number of amides is 1. The van der Waals surface area contributed by atoms with Crippen LogP contribution in [-0.4, -0.2) is 36.2 Å². The van der Waals surface area contributed by atoms with Crippen LogP contribution < -0.4 is 5.73 Å². The largest absolute Gasteiger partial charge is 0.342 e. The van der Waals surface area contributed by atoms with Gasteiger partial charge in [0, 0.05) is 37.4 Å². The third-order valence-electron chi connectivity index (χ3n) is 5.72. The summed E-state index contributed by atoms with van der Waals surface area (Å²) in [5, 5.41) is 0. The van der Waals surface area contributed by atoms with Gasteiger partial charge in [-0.1, -0.05) is 42.5 Å². The van der Waals surface area contributed by atoms with Gasteiger partial charge in [-0.2, -0.15) is 0 Å². The molecule has 0 aromatic heterocycles. The minimum atomic E-state index is 0.0284. The lowest BCUT2D eigenvalue weighted by molar-refractivity contribution is -0.130. The SMILES string of the molecule is Cc1ccc(C(=O)CCC(=O)N2C[C@@H](CN)[C@H](c3ccccc3)C2)cc1C. The van der Waals surface area contributed by atoms with E-state index in [0.29, 0.717) is 25.2 Å². The lowest BCUT2D eigenvalue weighted by Gasteiger charge is -2.17. The van der Waals surface area contributed by atoms with Gasteiger partial charge in [-0.3, -0.25) is 9.59 Å². The van der Waals surface area contributed by atoms with E-state index in [-0.39, 0.29) is 36.4 Å². The highest BCUT2D eigenvalue weighted by atomic mass is 16.2. The summed E-state index contributed by atoms with van der Waals surface area (Å²) in [7, 11) is 0. The Morgan fingerprint density at radius 3 is 2.41 bits per heavy atom. The molecule has 4 heteroatoms. The van der Waals surface area contributed by atoms with Gasteiger partial charge in [-0.05, 0) is 49.1 Å². The predicted octanol–water partition coefficient (Wildman–Crippen LogP) is 3.47. The highest BCUT2D eigenvalue weighted by molar-refractivity contribution is 5.98. The first kappa shape index (κ1) is 19.3. The zero-order valence-corrected chi connectivity index (χ0v) is 16.2. The molecule has 1 aliphatic heterocycles. The molecule has 1 amide bonds. The summed E-state index contributed by atoms with van der Waals surface area (Å²) in [6, 6.07) is 16.0. The summed E-state index contributed by atoms with van der Waals surface area (Å²) in [5.74, 6) is 0.618. The minimum absolute atomic E-state index is 0.0284. The summed E-state index contributed by atoms with van der Waals surface area (Å²) in [5.41, 5.74) is 10.1. The molecule has 1 fully saturated rings. The van der Waals surface area contributed by atoms with Crippen molar-refractivity contribution in [3.05, 3.63) is 70.8 Å². The fourth-order valence-corrected chi connectivity index (χ4v) is 3.83. The molecule has 0 bridgehead atoms. The lowest BCUT2D eigenvalue weighted by Crippen LogP contribution is -2.30. The second kappa shape index (κ2) is 8.49. The Kier molecular flexibility index (Phi) is 6.07. The van der Waals surface area contributed by atoms with Gasteiger partial charge >= 0.3 is 0 Å². The Balaban J connectivity index is 1.59. The van der Waals surface area contributed by atoms with Crippen LogP contribution in [0.2, 0.25) is 0 Å². The molecule has 1 saturated heterocycles. The molecule has 1 aliphatic rings. The number of Topliss-reactive ketones (excluding diaryl/α,β-unsaturated/α-hetero) is 1. The zero-order valence-electron chi connectivity index (χ0n) is 16.2. The fraction of sp³-hybridized carbons (Fsp3) is 0.391. The number of rotatable bonds is 6. The standard InChI is InChI=1S/C23H28N2O2/c1-16-8-9-19(12-17(16)2)22(26)10-11-23(27)25-14-20(13-24)21(15-25)18-6-4-3-5-7-18/h3-9,12,20-21H,10-11,13-15,24H2,1-2H3/t20-,21+/m1/s1. The third-order valence-corrected chi connectivity index (χ3v) is 5.72. The van der Waals surface area contributed by atoms with Crippen LogP contribution in [0, 0.1) is 19.8 Å². The van der Waals surface area contributed by atoms with Gasteiger partial charge in [-0.25, -0.2) is 0 Å². The van der Waals surface area contributed by atoms with Crippen LogP contribution in [0.15, 0.2) is 48.5 Å². The van der Waals surface area contributed by atoms with Gasteiger partial charge in [0.15, 0.2) is 5.78 Å². The van der Waals surface area contributed by atoms with Gasteiger partial charge in [0.2, 0.25) is 5.91 Å². The molecular formula is C23H28N2O2. The molecule has 2 atom stereocenters. The maximum atomic E-state index is 12.7. The fourth-order valence-electron chi connectivity index (χ4n) is 3.83. The summed E-state index contributed by atoms with van der Waals surface area (Å²) >= 11 is 0. The van der Waals surface area contributed by atoms with E-state index in [1.165, 1.54) is 11.1 Å². The number of nitrogens with two attached hydrogens (primary N) is 1. The summed E-state index contributed by atoms with van der Waals surface area (Å²) in [6.07, 6.45) is 0.506. The van der Waals surface area contributed by atoms with Crippen molar-refractivity contribution in [3.63, 3.8) is 0 Å². The van der Waals surface area contributed by atoms with Gasteiger partial charge in [0.05, 0.1) is 0 Å². The average molecular weight is 364 g/mol. The van der Waals surface area contributed by atoms with Crippen molar-refractivity contribution in [1.82, 2.24) is 4.90 Å². The van der Waals surface area contributed by atoms with Gasteiger partial charge in [-0.15, -0.1) is 0 Å². The first-order valence-corrected chi connectivity index (χ1v) is 9.63. The molecule has 0 aliphatic carbocycles. The van der Waals surface area contributed by atoms with E-state index in [2.05, 4.69) is 12.1 Å². The van der Waals surface area contributed by atoms with Crippen LogP contribution >= 0.6 is 0 Å².